The molecule has 29 heavy (non-hydrogen) atoms. The van der Waals surface area contributed by atoms with Crippen LogP contribution in [0.1, 0.15) is 36.5 Å². The molecule has 2 aromatic rings. The van der Waals surface area contributed by atoms with Crippen LogP contribution in [0, 0.1) is 0 Å². The zero-order valence-corrected chi connectivity index (χ0v) is 18.2. The van der Waals surface area contributed by atoms with Gasteiger partial charge in [-0.1, -0.05) is 44.2 Å². The smallest absolute Gasteiger partial charge is 0.246 e. The van der Waals surface area contributed by atoms with Crippen molar-refractivity contribution in [2.45, 2.75) is 37.6 Å². The summed E-state index contributed by atoms with van der Waals surface area (Å²) in [7, 11) is -0.990. The van der Waals surface area contributed by atoms with Crippen molar-refractivity contribution in [3.05, 3.63) is 59.2 Å². The van der Waals surface area contributed by atoms with E-state index in [9.17, 15) is 13.2 Å². The number of sulfonamides is 1. The monoisotopic (exact) mass is 416 g/mol. The Morgan fingerprint density at radius 1 is 1.17 bits per heavy atom. The van der Waals surface area contributed by atoms with E-state index in [4.69, 9.17) is 4.74 Å². The van der Waals surface area contributed by atoms with E-state index in [-0.39, 0.29) is 29.0 Å². The van der Waals surface area contributed by atoms with Crippen LogP contribution < -0.4 is 4.74 Å². The standard InChI is InChI=1S/C22H28N2O4S/c1-16(2)18-9-10-20(28-4)21(13-18)29(26,27)23(3)15-22(25)24-12-11-17-7-5-6-8-19(17)14-24/h5-10,13,16H,11-12,14-15H2,1-4H3. The summed E-state index contributed by atoms with van der Waals surface area (Å²) in [5, 5.41) is 0. The highest BCUT2D eigenvalue weighted by molar-refractivity contribution is 7.89. The number of likely N-dealkylation sites (N-methyl/N-ethyl adjacent to an activating group) is 1. The minimum Gasteiger partial charge on any atom is -0.495 e. The summed E-state index contributed by atoms with van der Waals surface area (Å²) in [4.78, 5) is 14.6. The minimum absolute atomic E-state index is 0.0884. The highest BCUT2D eigenvalue weighted by Gasteiger charge is 2.29. The third-order valence-electron chi connectivity index (χ3n) is 5.38. The van der Waals surface area contributed by atoms with Gasteiger partial charge in [0.2, 0.25) is 15.9 Å². The van der Waals surface area contributed by atoms with E-state index in [0.717, 1.165) is 21.9 Å². The Morgan fingerprint density at radius 2 is 1.86 bits per heavy atom. The number of methoxy groups -OCH3 is 1. The third kappa shape index (κ3) is 4.46. The summed E-state index contributed by atoms with van der Waals surface area (Å²) in [5.41, 5.74) is 3.26. The van der Waals surface area contributed by atoms with Crippen LogP contribution in [0.4, 0.5) is 0 Å². The molecule has 3 rings (SSSR count). The Kier molecular flexibility index (Phi) is 6.29. The van der Waals surface area contributed by atoms with E-state index < -0.39 is 10.0 Å². The number of carbonyl (C=O) groups is 1. The molecule has 0 bridgehead atoms. The molecule has 7 heteroatoms. The van der Waals surface area contributed by atoms with Crippen LogP contribution in [0.2, 0.25) is 0 Å². The zero-order chi connectivity index (χ0) is 21.2. The minimum atomic E-state index is -3.87. The molecular formula is C22H28N2O4S. The molecule has 0 N–H and O–H groups in total. The molecule has 156 valence electrons. The Bertz CT molecular complexity index is 1000. The van der Waals surface area contributed by atoms with Crippen molar-refractivity contribution in [2.24, 2.45) is 0 Å². The van der Waals surface area contributed by atoms with Crippen molar-refractivity contribution in [3.8, 4) is 5.75 Å². The number of carbonyl (C=O) groups excluding carboxylic acids is 1. The fourth-order valence-corrected chi connectivity index (χ4v) is 4.81. The van der Waals surface area contributed by atoms with Crippen molar-refractivity contribution < 1.29 is 17.9 Å². The van der Waals surface area contributed by atoms with Crippen molar-refractivity contribution in [3.63, 3.8) is 0 Å². The molecule has 0 saturated carbocycles. The first kappa shape index (κ1) is 21.3. The summed E-state index contributed by atoms with van der Waals surface area (Å²) in [6.45, 7) is 4.89. The average molecular weight is 417 g/mol. The summed E-state index contributed by atoms with van der Waals surface area (Å²) < 4.78 is 32.7. The normalized spacial score (nSPS) is 14.2. The molecule has 0 spiro atoms. The SMILES string of the molecule is COc1ccc(C(C)C)cc1S(=O)(=O)N(C)CC(=O)N1CCc2ccccc2C1. The predicted molar refractivity (Wildman–Crippen MR) is 112 cm³/mol. The van der Waals surface area contributed by atoms with Crippen molar-refractivity contribution in [1.82, 2.24) is 9.21 Å². The second-order valence-electron chi connectivity index (χ2n) is 7.66. The first-order chi connectivity index (χ1) is 13.7. The van der Waals surface area contributed by atoms with Crippen molar-refractivity contribution in [2.75, 3.05) is 27.2 Å². The lowest BCUT2D eigenvalue weighted by atomic mass is 10.00. The van der Waals surface area contributed by atoms with Gasteiger partial charge in [-0.15, -0.1) is 0 Å². The summed E-state index contributed by atoms with van der Waals surface area (Å²) >= 11 is 0. The maximum Gasteiger partial charge on any atom is 0.246 e. The summed E-state index contributed by atoms with van der Waals surface area (Å²) in [6, 6.07) is 13.2. The Morgan fingerprint density at radius 3 is 2.52 bits per heavy atom. The topological polar surface area (TPSA) is 66.9 Å². The maximum atomic E-state index is 13.2. The van der Waals surface area contributed by atoms with Crippen LogP contribution in [0.5, 0.6) is 5.75 Å². The summed E-state index contributed by atoms with van der Waals surface area (Å²) in [5.74, 6) is 0.250. The number of fused-ring (bicyclic) bond motifs is 1. The molecule has 1 aliphatic rings. The predicted octanol–water partition coefficient (Wildman–Crippen LogP) is 3.02. The van der Waals surface area contributed by atoms with Gasteiger partial charge < -0.3 is 9.64 Å². The van der Waals surface area contributed by atoms with Crippen LogP contribution in [-0.2, 0) is 27.8 Å². The lowest BCUT2D eigenvalue weighted by Gasteiger charge is -2.30. The van der Waals surface area contributed by atoms with Crippen molar-refractivity contribution >= 4 is 15.9 Å². The quantitative estimate of drug-likeness (QED) is 0.726. The van der Waals surface area contributed by atoms with Crippen LogP contribution in [-0.4, -0.2) is 50.8 Å². The number of hydrogen-bond donors (Lipinski definition) is 0. The fraction of sp³-hybridized carbons (Fsp3) is 0.409. The molecular weight excluding hydrogens is 388 g/mol. The van der Waals surface area contributed by atoms with Gasteiger partial charge in [-0.2, -0.15) is 4.31 Å². The van der Waals surface area contributed by atoms with Crippen LogP contribution in [0.15, 0.2) is 47.4 Å². The van der Waals surface area contributed by atoms with E-state index >= 15 is 0 Å². The van der Waals surface area contributed by atoms with Crippen LogP contribution in [0.25, 0.3) is 0 Å². The molecule has 1 heterocycles. The first-order valence-corrected chi connectivity index (χ1v) is 11.2. The maximum absolute atomic E-state index is 13.2. The largest absolute Gasteiger partial charge is 0.495 e. The van der Waals surface area contributed by atoms with Gasteiger partial charge in [-0.3, -0.25) is 4.79 Å². The number of hydrogen-bond acceptors (Lipinski definition) is 4. The number of ether oxygens (including phenoxy) is 1. The average Bonchev–Trinajstić information content (AvgIpc) is 2.72. The molecule has 6 nitrogen and oxygen atoms in total. The lowest BCUT2D eigenvalue weighted by Crippen LogP contribution is -2.43. The number of amides is 1. The van der Waals surface area contributed by atoms with Gasteiger partial charge in [-0.25, -0.2) is 8.42 Å². The first-order valence-electron chi connectivity index (χ1n) is 9.73. The van der Waals surface area contributed by atoms with Gasteiger partial charge in [0.15, 0.2) is 0 Å². The summed E-state index contributed by atoms with van der Waals surface area (Å²) in [6.07, 6.45) is 0.780. The van der Waals surface area contributed by atoms with E-state index in [2.05, 4.69) is 6.07 Å². The highest BCUT2D eigenvalue weighted by atomic mass is 32.2. The molecule has 0 fully saturated rings. The van der Waals surface area contributed by atoms with Gasteiger partial charge in [0.1, 0.15) is 10.6 Å². The number of rotatable bonds is 6. The molecule has 0 atom stereocenters. The third-order valence-corrected chi connectivity index (χ3v) is 7.21. The molecule has 1 amide bonds. The molecule has 0 aliphatic carbocycles. The zero-order valence-electron chi connectivity index (χ0n) is 17.4. The van der Waals surface area contributed by atoms with Crippen LogP contribution in [0.3, 0.4) is 0 Å². The van der Waals surface area contributed by atoms with E-state index in [1.165, 1.54) is 19.7 Å². The fourth-order valence-electron chi connectivity index (χ4n) is 3.51. The van der Waals surface area contributed by atoms with Gasteiger partial charge in [0.25, 0.3) is 0 Å². The van der Waals surface area contributed by atoms with Gasteiger partial charge >= 0.3 is 0 Å². The van der Waals surface area contributed by atoms with Crippen LogP contribution >= 0.6 is 0 Å². The number of nitrogens with zero attached hydrogens (tertiary/aromatic N) is 2. The molecule has 1 aliphatic heterocycles. The lowest BCUT2D eigenvalue weighted by molar-refractivity contribution is -0.132. The van der Waals surface area contributed by atoms with Crippen molar-refractivity contribution in [1.29, 1.82) is 0 Å². The highest BCUT2D eigenvalue weighted by Crippen LogP contribution is 2.30. The van der Waals surface area contributed by atoms with E-state index in [1.54, 1.807) is 17.0 Å². The second-order valence-corrected chi connectivity index (χ2v) is 9.67. The molecule has 0 unspecified atom stereocenters. The Labute approximate surface area is 173 Å². The van der Waals surface area contributed by atoms with Gasteiger partial charge in [0, 0.05) is 20.1 Å². The molecule has 0 radical (unpaired) electrons. The van der Waals surface area contributed by atoms with E-state index in [0.29, 0.717) is 13.1 Å². The Balaban J connectivity index is 1.79. The van der Waals surface area contributed by atoms with E-state index in [1.807, 2.05) is 38.1 Å². The Hall–Kier alpha value is -2.38. The van der Waals surface area contributed by atoms with Gasteiger partial charge in [0.05, 0.1) is 13.7 Å². The second kappa shape index (κ2) is 8.55. The molecule has 0 aromatic heterocycles. The number of benzene rings is 2. The van der Waals surface area contributed by atoms with Gasteiger partial charge in [-0.05, 0) is 41.2 Å². The molecule has 0 saturated heterocycles. The molecule has 2 aromatic carbocycles.